The normalized spacial score (nSPS) is 21.4. The van der Waals surface area contributed by atoms with Gasteiger partial charge in [-0.05, 0) is 31.4 Å². The number of carbonyl (C=O) groups is 2. The van der Waals surface area contributed by atoms with Crippen molar-refractivity contribution in [2.75, 3.05) is 24.7 Å². The van der Waals surface area contributed by atoms with Crippen LogP contribution in [0.1, 0.15) is 32.1 Å². The van der Waals surface area contributed by atoms with E-state index in [0.29, 0.717) is 6.42 Å². The summed E-state index contributed by atoms with van der Waals surface area (Å²) >= 11 is 0. The van der Waals surface area contributed by atoms with Crippen LogP contribution in [0.5, 0.6) is 5.75 Å². The van der Waals surface area contributed by atoms with Gasteiger partial charge in [-0.2, -0.15) is 0 Å². The Labute approximate surface area is 163 Å². The van der Waals surface area contributed by atoms with E-state index in [0.717, 1.165) is 25.7 Å². The number of halogens is 1. The number of carbonyl (C=O) groups excluding carboxylic acids is 2. The molecule has 1 saturated heterocycles. The molecule has 28 heavy (non-hydrogen) atoms. The maximum absolute atomic E-state index is 13.5. The molecule has 1 heterocycles. The highest BCUT2D eigenvalue weighted by atomic mass is 32.2. The van der Waals surface area contributed by atoms with Gasteiger partial charge in [-0.3, -0.25) is 4.79 Å². The van der Waals surface area contributed by atoms with Crippen LogP contribution in [0.3, 0.4) is 0 Å². The number of sulfone groups is 1. The number of hydrogen-bond donors (Lipinski definition) is 0. The van der Waals surface area contributed by atoms with Crippen LogP contribution in [-0.2, 0) is 24.2 Å². The fraction of sp³-hybridized carbons (Fsp3) is 0.579. The second-order valence-corrected chi connectivity index (χ2v) is 9.40. The fourth-order valence-electron chi connectivity index (χ4n) is 3.84. The molecule has 0 N–H and O–H groups in total. The number of esters is 1. The lowest BCUT2D eigenvalue weighted by Gasteiger charge is -2.33. The van der Waals surface area contributed by atoms with Crippen LogP contribution in [0, 0.1) is 5.82 Å². The number of rotatable bonds is 7. The Balaban J connectivity index is 1.54. The van der Waals surface area contributed by atoms with Crippen LogP contribution in [0.15, 0.2) is 24.3 Å². The van der Waals surface area contributed by atoms with E-state index in [1.165, 1.54) is 18.2 Å². The standard InChI is InChI=1S/C19H24FNO6S/c20-16-7-3-4-8-17(16)26-12-19(23)27-11-18(22)21(14-5-1-2-6-14)15-9-10-28(24,25)13-15/h3-4,7-8,14-15H,1-2,5-6,9-13H2/t15-/m0/s1. The highest BCUT2D eigenvalue weighted by Crippen LogP contribution is 2.29. The van der Waals surface area contributed by atoms with Crippen molar-refractivity contribution in [2.24, 2.45) is 0 Å². The summed E-state index contributed by atoms with van der Waals surface area (Å²) in [5.41, 5.74) is 0. The Kier molecular flexibility index (Phi) is 6.53. The Morgan fingerprint density at radius 1 is 1.07 bits per heavy atom. The molecule has 7 nitrogen and oxygen atoms in total. The molecule has 2 aliphatic rings. The monoisotopic (exact) mass is 413 g/mol. The summed E-state index contributed by atoms with van der Waals surface area (Å²) in [6.07, 6.45) is 4.04. The average Bonchev–Trinajstić information content (AvgIpc) is 3.29. The summed E-state index contributed by atoms with van der Waals surface area (Å²) in [4.78, 5) is 26.2. The maximum Gasteiger partial charge on any atom is 0.344 e. The van der Waals surface area contributed by atoms with E-state index < -0.39 is 40.7 Å². The number of benzene rings is 1. The van der Waals surface area contributed by atoms with Crippen LogP contribution in [0.25, 0.3) is 0 Å². The van der Waals surface area contributed by atoms with Gasteiger partial charge in [-0.25, -0.2) is 17.6 Å². The molecule has 0 bridgehead atoms. The second kappa shape index (κ2) is 8.89. The number of para-hydroxylation sites is 1. The van der Waals surface area contributed by atoms with Crippen molar-refractivity contribution in [2.45, 2.75) is 44.2 Å². The first-order valence-electron chi connectivity index (χ1n) is 9.40. The van der Waals surface area contributed by atoms with Crippen LogP contribution >= 0.6 is 0 Å². The number of nitrogens with zero attached hydrogens (tertiary/aromatic N) is 1. The van der Waals surface area contributed by atoms with E-state index in [9.17, 15) is 22.4 Å². The van der Waals surface area contributed by atoms with E-state index in [4.69, 9.17) is 9.47 Å². The van der Waals surface area contributed by atoms with Gasteiger partial charge < -0.3 is 14.4 Å². The van der Waals surface area contributed by atoms with Gasteiger partial charge in [0.15, 0.2) is 34.6 Å². The van der Waals surface area contributed by atoms with Crippen molar-refractivity contribution < 1.29 is 31.9 Å². The van der Waals surface area contributed by atoms with Crippen molar-refractivity contribution in [3.63, 3.8) is 0 Å². The molecule has 0 radical (unpaired) electrons. The predicted octanol–water partition coefficient (Wildman–Crippen LogP) is 1.71. The average molecular weight is 413 g/mol. The Morgan fingerprint density at radius 2 is 1.79 bits per heavy atom. The molecule has 1 atom stereocenters. The zero-order chi connectivity index (χ0) is 20.1. The molecule has 0 unspecified atom stereocenters. The molecular formula is C19H24FNO6S. The first kappa shape index (κ1) is 20.6. The molecule has 0 spiro atoms. The molecule has 1 amide bonds. The highest BCUT2D eigenvalue weighted by molar-refractivity contribution is 7.91. The first-order valence-corrected chi connectivity index (χ1v) is 11.2. The molecule has 2 fully saturated rings. The largest absolute Gasteiger partial charge is 0.479 e. The van der Waals surface area contributed by atoms with Crippen LogP contribution in [-0.4, -0.2) is 62.0 Å². The quantitative estimate of drug-likeness (QED) is 0.632. The maximum atomic E-state index is 13.5. The smallest absolute Gasteiger partial charge is 0.344 e. The van der Waals surface area contributed by atoms with E-state index in [1.54, 1.807) is 11.0 Å². The summed E-state index contributed by atoms with van der Waals surface area (Å²) in [5.74, 6) is -1.82. The molecule has 0 aromatic heterocycles. The van der Waals surface area contributed by atoms with Crippen LogP contribution in [0.4, 0.5) is 4.39 Å². The summed E-state index contributed by atoms with van der Waals surface area (Å²) in [7, 11) is -3.14. The van der Waals surface area contributed by atoms with Gasteiger partial charge in [0.1, 0.15) is 0 Å². The first-order chi connectivity index (χ1) is 13.4. The van der Waals surface area contributed by atoms with Gasteiger partial charge in [0.25, 0.3) is 5.91 Å². The lowest BCUT2D eigenvalue weighted by molar-refractivity contribution is -0.155. The third-order valence-electron chi connectivity index (χ3n) is 5.15. The summed E-state index contributed by atoms with van der Waals surface area (Å²) < 4.78 is 47.2. The topological polar surface area (TPSA) is 90.0 Å². The lowest BCUT2D eigenvalue weighted by atomic mass is 10.1. The molecular weight excluding hydrogens is 389 g/mol. The minimum Gasteiger partial charge on any atom is -0.479 e. The third kappa shape index (κ3) is 5.21. The van der Waals surface area contributed by atoms with Crippen molar-refractivity contribution in [3.05, 3.63) is 30.1 Å². The van der Waals surface area contributed by atoms with E-state index >= 15 is 0 Å². The third-order valence-corrected chi connectivity index (χ3v) is 6.90. The molecule has 1 aromatic rings. The minimum absolute atomic E-state index is 0.0147. The van der Waals surface area contributed by atoms with Crippen LogP contribution in [0.2, 0.25) is 0 Å². The molecule has 1 aliphatic carbocycles. The summed E-state index contributed by atoms with van der Waals surface area (Å²) in [5, 5.41) is 0. The Morgan fingerprint density at radius 3 is 2.43 bits per heavy atom. The molecule has 154 valence electrons. The highest BCUT2D eigenvalue weighted by Gasteiger charge is 2.39. The molecule has 9 heteroatoms. The van der Waals surface area contributed by atoms with E-state index in [2.05, 4.69) is 0 Å². The molecule has 1 aliphatic heterocycles. The SMILES string of the molecule is O=C(COc1ccccc1F)OCC(=O)N(C1CCCC1)[C@H]1CCS(=O)(=O)C1. The predicted molar refractivity (Wildman–Crippen MR) is 99.0 cm³/mol. The number of ether oxygens (including phenoxy) is 2. The Hall–Kier alpha value is -2.16. The van der Waals surface area contributed by atoms with Gasteiger partial charge in [0, 0.05) is 12.1 Å². The van der Waals surface area contributed by atoms with Crippen LogP contribution < -0.4 is 4.74 Å². The minimum atomic E-state index is -3.14. The van der Waals surface area contributed by atoms with Gasteiger partial charge >= 0.3 is 5.97 Å². The summed E-state index contributed by atoms with van der Waals surface area (Å²) in [6.45, 7) is -0.998. The molecule has 3 rings (SSSR count). The van der Waals surface area contributed by atoms with E-state index in [1.807, 2.05) is 0 Å². The van der Waals surface area contributed by atoms with Crippen molar-refractivity contribution in [1.82, 2.24) is 4.90 Å². The molecule has 1 aromatic carbocycles. The van der Waals surface area contributed by atoms with Gasteiger partial charge in [-0.15, -0.1) is 0 Å². The van der Waals surface area contributed by atoms with Gasteiger partial charge in [-0.1, -0.05) is 25.0 Å². The Bertz CT molecular complexity index is 821. The fourth-order valence-corrected chi connectivity index (χ4v) is 5.55. The van der Waals surface area contributed by atoms with Crippen molar-refractivity contribution >= 4 is 21.7 Å². The van der Waals surface area contributed by atoms with Gasteiger partial charge in [0.2, 0.25) is 0 Å². The number of hydrogen-bond acceptors (Lipinski definition) is 6. The lowest BCUT2D eigenvalue weighted by Crippen LogP contribution is -2.48. The van der Waals surface area contributed by atoms with E-state index in [-0.39, 0.29) is 29.3 Å². The zero-order valence-electron chi connectivity index (χ0n) is 15.5. The number of amides is 1. The van der Waals surface area contributed by atoms with Gasteiger partial charge in [0.05, 0.1) is 11.5 Å². The summed E-state index contributed by atoms with van der Waals surface area (Å²) in [6, 6.07) is 5.28. The van der Waals surface area contributed by atoms with Crippen molar-refractivity contribution in [3.8, 4) is 5.75 Å². The zero-order valence-corrected chi connectivity index (χ0v) is 16.3. The molecule has 1 saturated carbocycles. The second-order valence-electron chi connectivity index (χ2n) is 7.18. The van der Waals surface area contributed by atoms with Crippen molar-refractivity contribution in [1.29, 1.82) is 0 Å².